The normalized spacial score (nSPS) is 15.0. The van der Waals surface area contributed by atoms with E-state index < -0.39 is 5.41 Å². The number of rotatable bonds is 5. The lowest BCUT2D eigenvalue weighted by atomic mass is 9.79. The lowest BCUT2D eigenvalue weighted by molar-refractivity contribution is -0.130. The summed E-state index contributed by atoms with van der Waals surface area (Å²) in [6, 6.07) is 10.5. The van der Waals surface area contributed by atoms with Crippen LogP contribution in [0.15, 0.2) is 42.6 Å². The third-order valence-corrected chi connectivity index (χ3v) is 4.58. The highest BCUT2D eigenvalue weighted by atomic mass is 35.5. The Kier molecular flexibility index (Phi) is 9.29. The number of carbonyl (C=O) groups excluding carboxylic acids is 1. The van der Waals surface area contributed by atoms with Gasteiger partial charge in [0.2, 0.25) is 11.8 Å². The zero-order valence-corrected chi connectivity index (χ0v) is 16.9. The van der Waals surface area contributed by atoms with Crippen molar-refractivity contribution in [2.24, 2.45) is 11.1 Å². The highest BCUT2D eigenvalue weighted by Crippen LogP contribution is 2.31. The number of nitrogens with zero attached hydrogens (tertiary/aromatic N) is 1. The predicted octanol–water partition coefficient (Wildman–Crippen LogP) is 4.06. The van der Waals surface area contributed by atoms with E-state index in [1.165, 1.54) is 6.20 Å². The molecule has 1 amide bonds. The van der Waals surface area contributed by atoms with E-state index in [0.29, 0.717) is 54.9 Å². The third-order valence-electron chi connectivity index (χ3n) is 4.36. The van der Waals surface area contributed by atoms with Crippen molar-refractivity contribution in [3.05, 3.63) is 47.6 Å². The fourth-order valence-electron chi connectivity index (χ4n) is 2.70. The van der Waals surface area contributed by atoms with E-state index in [1.54, 1.807) is 36.4 Å². The topological polar surface area (TPSA) is 86.5 Å². The Labute approximate surface area is 175 Å². The van der Waals surface area contributed by atoms with Gasteiger partial charge in [-0.3, -0.25) is 4.79 Å². The Morgan fingerprint density at radius 2 is 1.85 bits per heavy atom. The van der Waals surface area contributed by atoms with E-state index in [1.807, 2.05) is 0 Å². The van der Waals surface area contributed by atoms with Crippen LogP contribution in [0.1, 0.15) is 12.8 Å². The van der Waals surface area contributed by atoms with Gasteiger partial charge in [0, 0.05) is 37.7 Å². The molecule has 1 saturated heterocycles. The Morgan fingerprint density at radius 1 is 1.19 bits per heavy atom. The van der Waals surface area contributed by atoms with E-state index in [-0.39, 0.29) is 30.7 Å². The smallest absolute Gasteiger partial charge is 0.232 e. The second kappa shape index (κ2) is 10.7. The van der Waals surface area contributed by atoms with Gasteiger partial charge in [0.1, 0.15) is 5.75 Å². The molecule has 0 atom stereocenters. The van der Waals surface area contributed by atoms with Crippen molar-refractivity contribution in [2.45, 2.75) is 12.8 Å². The van der Waals surface area contributed by atoms with Crippen molar-refractivity contribution in [1.82, 2.24) is 4.98 Å². The molecule has 3 N–H and O–H groups in total. The molecule has 0 spiro atoms. The van der Waals surface area contributed by atoms with E-state index in [2.05, 4.69) is 10.3 Å². The Bertz CT molecular complexity index is 721. The molecule has 1 fully saturated rings. The van der Waals surface area contributed by atoms with Crippen molar-refractivity contribution in [1.29, 1.82) is 0 Å². The first kappa shape index (κ1) is 23.5. The largest absolute Gasteiger partial charge is 0.439 e. The molecule has 0 bridgehead atoms. The second-order valence-corrected chi connectivity index (χ2v) is 6.43. The molecule has 1 aliphatic heterocycles. The lowest BCUT2D eigenvalue weighted by Gasteiger charge is -2.34. The first-order valence-corrected chi connectivity index (χ1v) is 8.48. The van der Waals surface area contributed by atoms with Gasteiger partial charge in [-0.05, 0) is 43.2 Å². The van der Waals surface area contributed by atoms with Crippen LogP contribution in [0.2, 0.25) is 5.02 Å². The standard InChI is InChI=1S/C18H20ClN3O3.2ClH/c19-13-1-6-16(21-11-13)25-15-4-2-14(3-5-15)22-17(23)18(12-20)7-9-24-10-8-18;;/h1-6,11H,7-10,12,20H2,(H,22,23);2*1H. The monoisotopic (exact) mass is 433 g/mol. The molecule has 0 radical (unpaired) electrons. The minimum absolute atomic E-state index is 0. The summed E-state index contributed by atoms with van der Waals surface area (Å²) in [6.07, 6.45) is 2.79. The number of amides is 1. The minimum Gasteiger partial charge on any atom is -0.439 e. The van der Waals surface area contributed by atoms with E-state index in [9.17, 15) is 4.79 Å². The Morgan fingerprint density at radius 3 is 2.41 bits per heavy atom. The highest BCUT2D eigenvalue weighted by Gasteiger charge is 2.38. The molecule has 0 aliphatic carbocycles. The fourth-order valence-corrected chi connectivity index (χ4v) is 2.81. The molecule has 9 heteroatoms. The number of carbonyl (C=O) groups is 1. The van der Waals surface area contributed by atoms with Gasteiger partial charge in [0.15, 0.2) is 0 Å². The molecule has 148 valence electrons. The molecular weight excluding hydrogens is 413 g/mol. The van der Waals surface area contributed by atoms with Gasteiger partial charge in [-0.25, -0.2) is 4.98 Å². The number of aromatic nitrogens is 1. The molecule has 0 unspecified atom stereocenters. The zero-order chi connectivity index (χ0) is 17.7. The number of nitrogens with one attached hydrogen (secondary N) is 1. The summed E-state index contributed by atoms with van der Waals surface area (Å²) in [4.78, 5) is 16.7. The summed E-state index contributed by atoms with van der Waals surface area (Å²) in [5, 5.41) is 3.49. The lowest BCUT2D eigenvalue weighted by Crippen LogP contribution is -2.46. The maximum atomic E-state index is 12.6. The van der Waals surface area contributed by atoms with Crippen LogP contribution in [0.25, 0.3) is 0 Å². The third kappa shape index (κ3) is 5.96. The van der Waals surface area contributed by atoms with Crippen LogP contribution in [0, 0.1) is 5.41 Å². The summed E-state index contributed by atoms with van der Waals surface area (Å²) in [7, 11) is 0. The maximum Gasteiger partial charge on any atom is 0.232 e. The van der Waals surface area contributed by atoms with Crippen molar-refractivity contribution >= 4 is 48.0 Å². The van der Waals surface area contributed by atoms with Gasteiger partial charge in [-0.15, -0.1) is 24.8 Å². The first-order chi connectivity index (χ1) is 12.1. The summed E-state index contributed by atoms with van der Waals surface area (Å²) in [5.41, 5.74) is 6.00. The molecule has 6 nitrogen and oxygen atoms in total. The average Bonchev–Trinajstić information content (AvgIpc) is 2.65. The van der Waals surface area contributed by atoms with Gasteiger partial charge in [-0.2, -0.15) is 0 Å². The maximum absolute atomic E-state index is 12.6. The number of ether oxygens (including phenoxy) is 2. The Balaban J connectivity index is 0.00000182. The summed E-state index contributed by atoms with van der Waals surface area (Å²) < 4.78 is 11.0. The van der Waals surface area contributed by atoms with Crippen LogP contribution in [0.5, 0.6) is 11.6 Å². The van der Waals surface area contributed by atoms with Gasteiger partial charge in [0.25, 0.3) is 0 Å². The number of nitrogens with two attached hydrogens (primary N) is 1. The summed E-state index contributed by atoms with van der Waals surface area (Å²) in [5.74, 6) is 1.00. The van der Waals surface area contributed by atoms with Crippen LogP contribution in [-0.2, 0) is 9.53 Å². The number of hydrogen-bond acceptors (Lipinski definition) is 5. The molecule has 27 heavy (non-hydrogen) atoms. The predicted molar refractivity (Wildman–Crippen MR) is 110 cm³/mol. The number of pyridine rings is 1. The zero-order valence-electron chi connectivity index (χ0n) is 14.5. The average molecular weight is 435 g/mol. The molecule has 1 aromatic heterocycles. The number of benzene rings is 1. The van der Waals surface area contributed by atoms with Crippen LogP contribution >= 0.6 is 36.4 Å². The fraction of sp³-hybridized carbons (Fsp3) is 0.333. The summed E-state index contributed by atoms with van der Waals surface area (Å²) >= 11 is 5.80. The van der Waals surface area contributed by atoms with Gasteiger partial charge in [0.05, 0.1) is 10.4 Å². The number of halogens is 3. The van der Waals surface area contributed by atoms with Crippen molar-refractivity contribution < 1.29 is 14.3 Å². The number of anilines is 1. The minimum atomic E-state index is -0.555. The van der Waals surface area contributed by atoms with Gasteiger partial charge in [-0.1, -0.05) is 11.6 Å². The van der Waals surface area contributed by atoms with Crippen LogP contribution in [0.3, 0.4) is 0 Å². The molecule has 2 aromatic rings. The van der Waals surface area contributed by atoms with Gasteiger partial charge < -0.3 is 20.5 Å². The van der Waals surface area contributed by atoms with Crippen molar-refractivity contribution in [2.75, 3.05) is 25.1 Å². The van der Waals surface area contributed by atoms with Crippen molar-refractivity contribution in [3.8, 4) is 11.6 Å². The Hall–Kier alpha value is -1.57. The number of hydrogen-bond donors (Lipinski definition) is 2. The molecule has 0 saturated carbocycles. The van der Waals surface area contributed by atoms with Crippen molar-refractivity contribution in [3.63, 3.8) is 0 Å². The molecular formula is C18H22Cl3N3O3. The SMILES string of the molecule is Cl.Cl.NCC1(C(=O)Nc2ccc(Oc3ccc(Cl)cn3)cc2)CCOCC1. The first-order valence-electron chi connectivity index (χ1n) is 8.10. The molecule has 1 aliphatic rings. The van der Waals surface area contributed by atoms with E-state index in [4.69, 9.17) is 26.8 Å². The molecule has 2 heterocycles. The van der Waals surface area contributed by atoms with Crippen LogP contribution in [-0.4, -0.2) is 30.6 Å². The molecule has 3 rings (SSSR count). The second-order valence-electron chi connectivity index (χ2n) is 5.99. The van der Waals surface area contributed by atoms with Crippen LogP contribution in [0.4, 0.5) is 5.69 Å². The van der Waals surface area contributed by atoms with E-state index in [0.717, 1.165) is 0 Å². The van der Waals surface area contributed by atoms with Crippen LogP contribution < -0.4 is 15.8 Å². The molecule has 1 aromatic carbocycles. The summed E-state index contributed by atoms with van der Waals surface area (Å²) in [6.45, 7) is 1.43. The highest BCUT2D eigenvalue weighted by molar-refractivity contribution is 6.30. The van der Waals surface area contributed by atoms with E-state index >= 15 is 0 Å². The quantitative estimate of drug-likeness (QED) is 0.741. The van der Waals surface area contributed by atoms with Gasteiger partial charge >= 0.3 is 0 Å².